The SMILES string of the molecule is CCc1nc(CNC(=O)C2CCCO2)cs1. The lowest BCUT2D eigenvalue weighted by Crippen LogP contribution is -2.33. The molecule has 1 N–H and O–H groups in total. The molecule has 2 rings (SSSR count). The molecule has 1 aliphatic rings. The number of amides is 1. The summed E-state index contributed by atoms with van der Waals surface area (Å²) in [6.45, 7) is 3.29. The van der Waals surface area contributed by atoms with Crippen LogP contribution >= 0.6 is 11.3 Å². The highest BCUT2D eigenvalue weighted by Crippen LogP contribution is 2.13. The summed E-state index contributed by atoms with van der Waals surface area (Å²) in [5, 5.41) is 5.97. The monoisotopic (exact) mass is 240 g/mol. The van der Waals surface area contributed by atoms with Crippen molar-refractivity contribution >= 4 is 17.2 Å². The van der Waals surface area contributed by atoms with E-state index in [0.717, 1.165) is 30.0 Å². The van der Waals surface area contributed by atoms with Gasteiger partial charge in [-0.3, -0.25) is 4.79 Å². The van der Waals surface area contributed by atoms with Crippen LogP contribution in [0, 0.1) is 0 Å². The Hall–Kier alpha value is -0.940. The topological polar surface area (TPSA) is 51.2 Å². The molecule has 88 valence electrons. The highest BCUT2D eigenvalue weighted by atomic mass is 32.1. The average molecular weight is 240 g/mol. The molecule has 16 heavy (non-hydrogen) atoms. The Morgan fingerprint density at radius 1 is 1.75 bits per heavy atom. The largest absolute Gasteiger partial charge is 0.368 e. The van der Waals surface area contributed by atoms with E-state index in [1.165, 1.54) is 0 Å². The fourth-order valence-electron chi connectivity index (χ4n) is 1.67. The van der Waals surface area contributed by atoms with Gasteiger partial charge in [0, 0.05) is 12.0 Å². The van der Waals surface area contributed by atoms with Gasteiger partial charge in [-0.2, -0.15) is 0 Å². The number of hydrogen-bond donors (Lipinski definition) is 1. The molecule has 0 radical (unpaired) electrons. The van der Waals surface area contributed by atoms with E-state index in [9.17, 15) is 4.79 Å². The van der Waals surface area contributed by atoms with Crippen molar-refractivity contribution in [2.24, 2.45) is 0 Å². The first-order valence-corrected chi connectivity index (χ1v) is 6.50. The minimum absolute atomic E-state index is 0.0106. The third-order valence-corrected chi connectivity index (χ3v) is 3.61. The quantitative estimate of drug-likeness (QED) is 0.867. The van der Waals surface area contributed by atoms with E-state index in [0.29, 0.717) is 13.2 Å². The lowest BCUT2D eigenvalue weighted by Gasteiger charge is -2.08. The van der Waals surface area contributed by atoms with Crippen molar-refractivity contribution in [2.75, 3.05) is 6.61 Å². The van der Waals surface area contributed by atoms with E-state index in [2.05, 4.69) is 17.2 Å². The molecule has 1 saturated heterocycles. The van der Waals surface area contributed by atoms with Gasteiger partial charge in [0.2, 0.25) is 5.91 Å². The molecule has 0 spiro atoms. The Labute approximate surface area is 99.0 Å². The number of nitrogens with zero attached hydrogens (tertiary/aromatic N) is 1. The van der Waals surface area contributed by atoms with Crippen molar-refractivity contribution in [2.45, 2.75) is 38.8 Å². The van der Waals surface area contributed by atoms with Crippen LogP contribution in [0.4, 0.5) is 0 Å². The van der Waals surface area contributed by atoms with Crippen molar-refractivity contribution in [3.8, 4) is 0 Å². The second-order valence-electron chi connectivity index (χ2n) is 3.81. The summed E-state index contributed by atoms with van der Waals surface area (Å²) in [6.07, 6.45) is 2.52. The molecule has 1 aromatic heterocycles. The van der Waals surface area contributed by atoms with Crippen LogP contribution in [-0.2, 0) is 22.5 Å². The fraction of sp³-hybridized carbons (Fsp3) is 0.636. The second-order valence-corrected chi connectivity index (χ2v) is 4.75. The maximum atomic E-state index is 11.6. The third kappa shape index (κ3) is 2.80. The Balaban J connectivity index is 1.80. The molecule has 1 aliphatic heterocycles. The van der Waals surface area contributed by atoms with E-state index in [4.69, 9.17) is 4.74 Å². The molecule has 5 heteroatoms. The van der Waals surface area contributed by atoms with Crippen LogP contribution in [0.5, 0.6) is 0 Å². The molecular formula is C11H16N2O2S. The molecule has 1 unspecified atom stereocenters. The number of nitrogens with one attached hydrogen (secondary N) is 1. The first-order valence-electron chi connectivity index (χ1n) is 5.62. The van der Waals surface area contributed by atoms with Crippen LogP contribution in [0.2, 0.25) is 0 Å². The summed E-state index contributed by atoms with van der Waals surface area (Å²) in [5.41, 5.74) is 0.938. The van der Waals surface area contributed by atoms with Gasteiger partial charge in [0.05, 0.1) is 17.2 Å². The van der Waals surface area contributed by atoms with Crippen molar-refractivity contribution < 1.29 is 9.53 Å². The van der Waals surface area contributed by atoms with Gasteiger partial charge in [-0.1, -0.05) is 6.92 Å². The first kappa shape index (κ1) is 11.5. The van der Waals surface area contributed by atoms with Crippen LogP contribution in [0.25, 0.3) is 0 Å². The van der Waals surface area contributed by atoms with Crippen molar-refractivity contribution in [1.82, 2.24) is 10.3 Å². The van der Waals surface area contributed by atoms with Crippen molar-refractivity contribution in [3.63, 3.8) is 0 Å². The number of aryl methyl sites for hydroxylation is 1. The number of hydrogen-bond acceptors (Lipinski definition) is 4. The van der Waals surface area contributed by atoms with Gasteiger partial charge in [0.25, 0.3) is 0 Å². The van der Waals surface area contributed by atoms with Gasteiger partial charge < -0.3 is 10.1 Å². The molecule has 1 atom stereocenters. The summed E-state index contributed by atoms with van der Waals surface area (Å²) in [4.78, 5) is 16.0. The molecule has 1 fully saturated rings. The summed E-state index contributed by atoms with van der Waals surface area (Å²) >= 11 is 1.64. The Morgan fingerprint density at radius 2 is 2.62 bits per heavy atom. The predicted molar refractivity (Wildman–Crippen MR) is 62.3 cm³/mol. The van der Waals surface area contributed by atoms with E-state index >= 15 is 0 Å². The zero-order chi connectivity index (χ0) is 11.4. The molecule has 4 nitrogen and oxygen atoms in total. The number of rotatable bonds is 4. The van der Waals surface area contributed by atoms with Gasteiger partial charge >= 0.3 is 0 Å². The molecular weight excluding hydrogens is 224 g/mol. The molecule has 1 amide bonds. The predicted octanol–water partition coefficient (Wildman–Crippen LogP) is 1.50. The van der Waals surface area contributed by atoms with Crippen LogP contribution < -0.4 is 5.32 Å². The Bertz CT molecular complexity index is 359. The van der Waals surface area contributed by atoms with Crippen LogP contribution in [0.15, 0.2) is 5.38 Å². The number of carbonyl (C=O) groups is 1. The minimum atomic E-state index is -0.246. The molecule has 0 aromatic carbocycles. The van der Waals surface area contributed by atoms with E-state index in [-0.39, 0.29) is 12.0 Å². The highest BCUT2D eigenvalue weighted by Gasteiger charge is 2.23. The van der Waals surface area contributed by atoms with E-state index in [1.54, 1.807) is 11.3 Å². The number of ether oxygens (including phenoxy) is 1. The Morgan fingerprint density at radius 3 is 3.25 bits per heavy atom. The van der Waals surface area contributed by atoms with Gasteiger partial charge in [-0.05, 0) is 19.3 Å². The van der Waals surface area contributed by atoms with Crippen molar-refractivity contribution in [3.05, 3.63) is 16.1 Å². The van der Waals surface area contributed by atoms with Crippen LogP contribution in [0.1, 0.15) is 30.5 Å². The maximum absolute atomic E-state index is 11.6. The number of aromatic nitrogens is 1. The summed E-state index contributed by atoms with van der Waals surface area (Å²) in [5.74, 6) is -0.0106. The highest BCUT2D eigenvalue weighted by molar-refractivity contribution is 7.09. The van der Waals surface area contributed by atoms with Gasteiger partial charge in [-0.25, -0.2) is 4.98 Å². The zero-order valence-electron chi connectivity index (χ0n) is 9.36. The van der Waals surface area contributed by atoms with Gasteiger partial charge in [-0.15, -0.1) is 11.3 Å². The lowest BCUT2D eigenvalue weighted by molar-refractivity contribution is -0.130. The Kier molecular flexibility index (Phi) is 3.90. The molecule has 1 aromatic rings. The minimum Gasteiger partial charge on any atom is -0.368 e. The van der Waals surface area contributed by atoms with Gasteiger partial charge in [0.15, 0.2) is 0 Å². The average Bonchev–Trinajstić information content (AvgIpc) is 2.96. The van der Waals surface area contributed by atoms with E-state index in [1.807, 2.05) is 5.38 Å². The normalized spacial score (nSPS) is 19.9. The molecule has 2 heterocycles. The van der Waals surface area contributed by atoms with Crippen LogP contribution in [0.3, 0.4) is 0 Å². The summed E-state index contributed by atoms with van der Waals surface area (Å²) in [6, 6.07) is 0. The molecule has 0 saturated carbocycles. The number of thiazole rings is 1. The molecule has 0 bridgehead atoms. The van der Waals surface area contributed by atoms with Crippen LogP contribution in [-0.4, -0.2) is 23.6 Å². The summed E-state index contributed by atoms with van der Waals surface area (Å²) in [7, 11) is 0. The second kappa shape index (κ2) is 5.41. The third-order valence-electron chi connectivity index (χ3n) is 2.57. The first-order chi connectivity index (χ1) is 7.79. The van der Waals surface area contributed by atoms with Crippen molar-refractivity contribution in [1.29, 1.82) is 0 Å². The number of carbonyl (C=O) groups excluding carboxylic acids is 1. The zero-order valence-corrected chi connectivity index (χ0v) is 10.2. The smallest absolute Gasteiger partial charge is 0.249 e. The van der Waals surface area contributed by atoms with E-state index < -0.39 is 0 Å². The summed E-state index contributed by atoms with van der Waals surface area (Å²) < 4.78 is 5.30. The standard InChI is InChI=1S/C11H16N2O2S/c1-2-10-13-8(7-16-10)6-12-11(14)9-4-3-5-15-9/h7,9H,2-6H2,1H3,(H,12,14). The maximum Gasteiger partial charge on any atom is 0.249 e. The molecule has 0 aliphatic carbocycles. The van der Waals surface area contributed by atoms with Gasteiger partial charge in [0.1, 0.15) is 6.10 Å². The fourth-order valence-corrected chi connectivity index (χ4v) is 2.41. The lowest BCUT2D eigenvalue weighted by atomic mass is 10.2.